The van der Waals surface area contributed by atoms with Crippen LogP contribution >= 0.6 is 0 Å². The molecule has 3 rings (SSSR count). The molecule has 0 aliphatic rings. The van der Waals surface area contributed by atoms with Crippen LogP contribution in [0.3, 0.4) is 0 Å². The maximum atomic E-state index is 4.18. The lowest BCUT2D eigenvalue weighted by Crippen LogP contribution is -2.13. The summed E-state index contributed by atoms with van der Waals surface area (Å²) in [6.07, 6.45) is 7.09. The van der Waals surface area contributed by atoms with Crippen LogP contribution in [0.25, 0.3) is 10.9 Å². The lowest BCUT2D eigenvalue weighted by molar-refractivity contribution is 0.676. The second-order valence-electron chi connectivity index (χ2n) is 5.51. The van der Waals surface area contributed by atoms with Gasteiger partial charge in [-0.2, -0.15) is 0 Å². The summed E-state index contributed by atoms with van der Waals surface area (Å²) in [5.41, 5.74) is 3.82. The van der Waals surface area contributed by atoms with Crippen LogP contribution < -0.4 is 5.32 Å². The van der Waals surface area contributed by atoms with Crippen molar-refractivity contribution >= 4 is 10.9 Å². The number of nitrogens with zero attached hydrogens (tertiary/aromatic N) is 3. The summed E-state index contributed by atoms with van der Waals surface area (Å²) in [6, 6.07) is 8.89. The van der Waals surface area contributed by atoms with Crippen molar-refractivity contribution in [1.29, 1.82) is 0 Å². The largest absolute Gasteiger partial charge is 0.341 e. The van der Waals surface area contributed by atoms with E-state index in [1.807, 2.05) is 19.6 Å². The van der Waals surface area contributed by atoms with E-state index in [0.29, 0.717) is 0 Å². The van der Waals surface area contributed by atoms with Crippen molar-refractivity contribution < 1.29 is 0 Å². The molecule has 3 aromatic rings. The topological polar surface area (TPSA) is 34.8 Å². The van der Waals surface area contributed by atoms with Crippen molar-refractivity contribution in [1.82, 2.24) is 19.4 Å². The zero-order valence-corrected chi connectivity index (χ0v) is 12.7. The minimum atomic E-state index is 0.855. The molecule has 0 aliphatic heterocycles. The van der Waals surface area contributed by atoms with Gasteiger partial charge < -0.3 is 14.5 Å². The van der Waals surface area contributed by atoms with E-state index in [-0.39, 0.29) is 0 Å². The van der Waals surface area contributed by atoms with Gasteiger partial charge in [0.25, 0.3) is 0 Å². The number of nitrogens with one attached hydrogen (secondary N) is 1. The van der Waals surface area contributed by atoms with Crippen LogP contribution in [0.4, 0.5) is 0 Å². The van der Waals surface area contributed by atoms with E-state index < -0.39 is 0 Å². The average Bonchev–Trinajstić information content (AvgIpc) is 3.07. The highest BCUT2D eigenvalue weighted by Crippen LogP contribution is 2.19. The summed E-state index contributed by atoms with van der Waals surface area (Å²) in [5.74, 6) is 0. The van der Waals surface area contributed by atoms with Gasteiger partial charge in [-0.25, -0.2) is 4.98 Å². The number of benzene rings is 1. The van der Waals surface area contributed by atoms with Gasteiger partial charge in [-0.1, -0.05) is 13.0 Å². The lowest BCUT2D eigenvalue weighted by Gasteiger charge is -2.07. The second-order valence-corrected chi connectivity index (χ2v) is 5.51. The predicted molar refractivity (Wildman–Crippen MR) is 86.2 cm³/mol. The Balaban J connectivity index is 1.81. The molecule has 0 bridgehead atoms. The molecule has 4 heteroatoms. The van der Waals surface area contributed by atoms with Gasteiger partial charge in [0.15, 0.2) is 0 Å². The molecule has 0 spiro atoms. The molecule has 0 radical (unpaired) electrons. The first-order valence-electron chi connectivity index (χ1n) is 7.51. The van der Waals surface area contributed by atoms with E-state index >= 15 is 0 Å². The van der Waals surface area contributed by atoms with E-state index in [4.69, 9.17) is 0 Å². The Morgan fingerprint density at radius 3 is 2.90 bits per heavy atom. The fourth-order valence-corrected chi connectivity index (χ4v) is 2.62. The zero-order valence-electron chi connectivity index (χ0n) is 12.7. The normalized spacial score (nSPS) is 11.3. The Kier molecular flexibility index (Phi) is 4.06. The van der Waals surface area contributed by atoms with Gasteiger partial charge in [0.1, 0.15) is 0 Å². The summed E-state index contributed by atoms with van der Waals surface area (Å²) in [4.78, 5) is 4.18. The van der Waals surface area contributed by atoms with Crippen LogP contribution in [0.15, 0.2) is 43.0 Å². The van der Waals surface area contributed by atoms with Crippen LogP contribution in [0.2, 0.25) is 0 Å². The quantitative estimate of drug-likeness (QED) is 0.705. The monoisotopic (exact) mass is 282 g/mol. The fourth-order valence-electron chi connectivity index (χ4n) is 2.62. The summed E-state index contributed by atoms with van der Waals surface area (Å²) >= 11 is 0. The molecule has 2 heterocycles. The Hall–Kier alpha value is -2.07. The van der Waals surface area contributed by atoms with Crippen molar-refractivity contribution in [2.75, 3.05) is 6.54 Å². The van der Waals surface area contributed by atoms with E-state index in [9.17, 15) is 0 Å². The van der Waals surface area contributed by atoms with Crippen LogP contribution in [0, 0.1) is 0 Å². The minimum Gasteiger partial charge on any atom is -0.341 e. The third-order valence-corrected chi connectivity index (χ3v) is 3.84. The summed E-state index contributed by atoms with van der Waals surface area (Å²) in [6.45, 7) is 5.05. The molecule has 0 aliphatic carbocycles. The van der Waals surface area contributed by atoms with Crippen molar-refractivity contribution in [3.05, 3.63) is 54.2 Å². The molecule has 0 saturated heterocycles. The van der Waals surface area contributed by atoms with Crippen molar-refractivity contribution in [3.63, 3.8) is 0 Å². The lowest BCUT2D eigenvalue weighted by atomic mass is 10.1. The summed E-state index contributed by atoms with van der Waals surface area (Å²) in [5, 5.41) is 4.75. The molecule has 2 aromatic heterocycles. The molecule has 0 fully saturated rings. The van der Waals surface area contributed by atoms with Gasteiger partial charge in [0.05, 0.1) is 18.6 Å². The number of imidazole rings is 1. The van der Waals surface area contributed by atoms with E-state index in [2.05, 4.69) is 56.8 Å². The van der Waals surface area contributed by atoms with Gasteiger partial charge in [0.2, 0.25) is 0 Å². The molecule has 1 aromatic carbocycles. The maximum absolute atomic E-state index is 4.18. The van der Waals surface area contributed by atoms with Gasteiger partial charge in [0, 0.05) is 31.5 Å². The van der Waals surface area contributed by atoms with Crippen LogP contribution in [-0.4, -0.2) is 20.7 Å². The SMILES string of the molecule is CCCNCc1ccc2c(ccn2Cc2cncn2C)c1. The maximum Gasteiger partial charge on any atom is 0.0946 e. The van der Waals surface area contributed by atoms with Gasteiger partial charge in [-0.15, -0.1) is 0 Å². The number of aromatic nitrogens is 3. The molecule has 4 nitrogen and oxygen atoms in total. The first kappa shape index (κ1) is 13.9. The minimum absolute atomic E-state index is 0.855. The predicted octanol–water partition coefficient (Wildman–Crippen LogP) is 2.92. The van der Waals surface area contributed by atoms with Crippen molar-refractivity contribution in [2.45, 2.75) is 26.4 Å². The summed E-state index contributed by atoms with van der Waals surface area (Å²) in [7, 11) is 2.03. The number of rotatable bonds is 6. The highest BCUT2D eigenvalue weighted by Gasteiger charge is 2.05. The molecule has 21 heavy (non-hydrogen) atoms. The Labute approximate surface area is 125 Å². The van der Waals surface area contributed by atoms with Crippen molar-refractivity contribution in [3.8, 4) is 0 Å². The molecule has 1 N–H and O–H groups in total. The second kappa shape index (κ2) is 6.14. The van der Waals surface area contributed by atoms with E-state index in [1.165, 1.54) is 28.6 Å². The standard InChI is InChI=1S/C17H22N4/c1-3-7-18-10-14-4-5-17-15(9-14)6-8-21(17)12-16-11-19-13-20(16)2/h4-6,8-9,11,13,18H,3,7,10,12H2,1-2H3. The third-order valence-electron chi connectivity index (χ3n) is 3.84. The Morgan fingerprint density at radius 1 is 1.24 bits per heavy atom. The molecule has 0 saturated carbocycles. The highest BCUT2D eigenvalue weighted by molar-refractivity contribution is 5.81. The van der Waals surface area contributed by atoms with Crippen LogP contribution in [-0.2, 0) is 20.1 Å². The molecular formula is C17H22N4. The smallest absolute Gasteiger partial charge is 0.0946 e. The number of aryl methyl sites for hydroxylation is 1. The van der Waals surface area contributed by atoms with Gasteiger partial charge >= 0.3 is 0 Å². The van der Waals surface area contributed by atoms with Crippen molar-refractivity contribution in [2.24, 2.45) is 7.05 Å². The van der Waals surface area contributed by atoms with E-state index in [1.54, 1.807) is 0 Å². The van der Waals surface area contributed by atoms with Crippen LogP contribution in [0.1, 0.15) is 24.6 Å². The summed E-state index contributed by atoms with van der Waals surface area (Å²) < 4.78 is 4.34. The first-order valence-corrected chi connectivity index (χ1v) is 7.51. The Bertz CT molecular complexity index is 723. The molecule has 0 atom stereocenters. The van der Waals surface area contributed by atoms with Gasteiger partial charge in [-0.05, 0) is 42.1 Å². The zero-order chi connectivity index (χ0) is 14.7. The molecule has 110 valence electrons. The average molecular weight is 282 g/mol. The number of hydrogen-bond donors (Lipinski definition) is 1. The van der Waals surface area contributed by atoms with Crippen LogP contribution in [0.5, 0.6) is 0 Å². The number of fused-ring (bicyclic) bond motifs is 1. The highest BCUT2D eigenvalue weighted by atomic mass is 15.1. The number of hydrogen-bond acceptors (Lipinski definition) is 2. The van der Waals surface area contributed by atoms with E-state index in [0.717, 1.165) is 19.6 Å². The molecule has 0 unspecified atom stereocenters. The third kappa shape index (κ3) is 3.00. The first-order chi connectivity index (χ1) is 10.3. The van der Waals surface area contributed by atoms with Gasteiger partial charge in [-0.3, -0.25) is 0 Å². The molecular weight excluding hydrogens is 260 g/mol. The fraction of sp³-hybridized carbons (Fsp3) is 0.353. The molecule has 0 amide bonds. The Morgan fingerprint density at radius 2 is 2.14 bits per heavy atom.